The maximum atomic E-state index is 11.0. The van der Waals surface area contributed by atoms with Gasteiger partial charge in [0.25, 0.3) is 0 Å². The van der Waals surface area contributed by atoms with Gasteiger partial charge in [0.1, 0.15) is 0 Å². The molecular weight excluding hydrogens is 725 g/mol. The van der Waals surface area contributed by atoms with Crippen molar-refractivity contribution in [3.63, 3.8) is 0 Å². The highest BCUT2D eigenvalue weighted by Crippen LogP contribution is 2.32. The lowest BCUT2D eigenvalue weighted by Crippen LogP contribution is -2.49. The van der Waals surface area contributed by atoms with Crippen LogP contribution in [0, 0.1) is 0 Å². The molecular formula is C51H42BN5O2. The molecule has 0 saturated heterocycles. The number of pyridine rings is 2. The Morgan fingerprint density at radius 1 is 0.407 bits per heavy atom. The lowest BCUT2D eigenvalue weighted by molar-refractivity contribution is -0.0893. The van der Waals surface area contributed by atoms with Crippen molar-refractivity contribution >= 4 is 34.8 Å². The zero-order valence-electron chi connectivity index (χ0n) is 33.5. The number of rotatable bonds is 10. The molecule has 3 heterocycles. The molecule has 3 aromatic heterocycles. The normalized spacial score (nSPS) is 11.9. The van der Waals surface area contributed by atoms with E-state index >= 15 is 0 Å². The van der Waals surface area contributed by atoms with E-state index in [1.807, 2.05) is 86.6 Å². The number of aromatic nitrogens is 5. The minimum Gasteiger partial charge on any atom is -0.427 e. The van der Waals surface area contributed by atoms with E-state index in [2.05, 4.69) is 97.1 Å². The van der Waals surface area contributed by atoms with E-state index in [-0.39, 0.29) is 7.48 Å². The molecule has 0 radical (unpaired) electrons. The minimum absolute atomic E-state index is 0.237. The van der Waals surface area contributed by atoms with Crippen LogP contribution in [0.3, 0.4) is 0 Å². The van der Waals surface area contributed by atoms with E-state index < -0.39 is 11.2 Å². The van der Waals surface area contributed by atoms with Crippen molar-refractivity contribution in [2.24, 2.45) is 0 Å². The average molecular weight is 768 g/mol. The minimum atomic E-state index is -1.08. The fourth-order valence-electron chi connectivity index (χ4n) is 6.98. The largest absolute Gasteiger partial charge is 0.427 e. The SMILES string of the molecule is CC(C)(O)C(C)(C)OBc1cc(-c2ccc3ccc4ccc(-c5ccccc5)nc4c3n2)cc(-c2nc(-c3ccccc3)nc(-c3ccc(-c4ccccc4)cc3)n2)c1. The average Bonchev–Trinajstić information content (AvgIpc) is 3.28. The third-order valence-corrected chi connectivity index (χ3v) is 11.1. The maximum Gasteiger partial charge on any atom is 0.309 e. The van der Waals surface area contributed by atoms with E-state index in [1.54, 1.807) is 13.8 Å². The van der Waals surface area contributed by atoms with Crippen LogP contribution in [0.25, 0.3) is 89.6 Å². The third kappa shape index (κ3) is 7.88. The summed E-state index contributed by atoms with van der Waals surface area (Å²) >= 11 is 0. The van der Waals surface area contributed by atoms with Crippen molar-refractivity contribution in [2.75, 3.05) is 0 Å². The summed E-state index contributed by atoms with van der Waals surface area (Å²) in [6, 6.07) is 57.5. The topological polar surface area (TPSA) is 93.9 Å². The zero-order valence-corrected chi connectivity index (χ0v) is 33.5. The molecule has 8 heteroatoms. The van der Waals surface area contributed by atoms with Crippen LogP contribution in [0.5, 0.6) is 0 Å². The summed E-state index contributed by atoms with van der Waals surface area (Å²) in [6.45, 7) is 7.33. The summed E-state index contributed by atoms with van der Waals surface area (Å²) in [7, 11) is 0.237. The third-order valence-electron chi connectivity index (χ3n) is 11.1. The van der Waals surface area contributed by atoms with Crippen LogP contribution in [-0.4, -0.2) is 48.7 Å². The first-order valence-corrected chi connectivity index (χ1v) is 19.8. The number of fused-ring (bicyclic) bond motifs is 3. The summed E-state index contributed by atoms with van der Waals surface area (Å²) in [5.74, 6) is 1.65. The van der Waals surface area contributed by atoms with Gasteiger partial charge in [-0.05, 0) is 57.0 Å². The Hall–Kier alpha value is -6.87. The zero-order chi connectivity index (χ0) is 40.6. The second kappa shape index (κ2) is 15.5. The van der Waals surface area contributed by atoms with Crippen LogP contribution in [0.2, 0.25) is 0 Å². The Balaban J connectivity index is 1.19. The van der Waals surface area contributed by atoms with Crippen LogP contribution in [-0.2, 0) is 4.65 Å². The van der Waals surface area contributed by atoms with E-state index in [0.717, 1.165) is 77.6 Å². The Bertz CT molecular complexity index is 2930. The first-order chi connectivity index (χ1) is 28.6. The van der Waals surface area contributed by atoms with Crippen LogP contribution >= 0.6 is 0 Å². The second-order valence-electron chi connectivity index (χ2n) is 15.9. The molecule has 0 unspecified atom stereocenters. The molecule has 7 nitrogen and oxygen atoms in total. The number of nitrogens with zero attached hydrogens (tertiary/aromatic N) is 5. The van der Waals surface area contributed by atoms with Gasteiger partial charge in [0, 0.05) is 38.6 Å². The smallest absolute Gasteiger partial charge is 0.309 e. The Labute approximate surface area is 344 Å². The fourth-order valence-corrected chi connectivity index (χ4v) is 6.98. The number of hydrogen-bond donors (Lipinski definition) is 1. The number of aliphatic hydroxyl groups is 1. The molecule has 0 spiro atoms. The molecule has 0 fully saturated rings. The molecule has 9 rings (SSSR count). The lowest BCUT2D eigenvalue weighted by atomic mass is 9.81. The Kier molecular flexibility index (Phi) is 9.89. The van der Waals surface area contributed by atoms with Crippen LogP contribution in [0.1, 0.15) is 27.7 Å². The second-order valence-corrected chi connectivity index (χ2v) is 15.9. The van der Waals surface area contributed by atoms with E-state index in [4.69, 9.17) is 29.6 Å². The van der Waals surface area contributed by atoms with Crippen molar-refractivity contribution in [2.45, 2.75) is 38.9 Å². The van der Waals surface area contributed by atoms with Gasteiger partial charge in [0.15, 0.2) is 17.5 Å². The molecule has 0 aliphatic heterocycles. The van der Waals surface area contributed by atoms with Crippen LogP contribution < -0.4 is 5.46 Å². The lowest BCUT2D eigenvalue weighted by Gasteiger charge is -2.37. The van der Waals surface area contributed by atoms with Crippen molar-refractivity contribution in [3.8, 4) is 67.8 Å². The predicted molar refractivity (Wildman–Crippen MR) is 241 cm³/mol. The summed E-state index contributed by atoms with van der Waals surface area (Å²) in [5.41, 5.74) is 9.01. The van der Waals surface area contributed by atoms with Gasteiger partial charge < -0.3 is 9.76 Å². The highest BCUT2D eigenvalue weighted by atomic mass is 16.5. The molecule has 9 aromatic rings. The molecule has 0 aliphatic rings. The summed E-state index contributed by atoms with van der Waals surface area (Å²) < 4.78 is 6.45. The fraction of sp³-hybridized carbons (Fsp3) is 0.118. The van der Waals surface area contributed by atoms with Crippen LogP contribution in [0.15, 0.2) is 170 Å². The van der Waals surface area contributed by atoms with Crippen molar-refractivity contribution < 1.29 is 9.76 Å². The van der Waals surface area contributed by atoms with Crippen molar-refractivity contribution in [3.05, 3.63) is 170 Å². The summed E-state index contributed by atoms with van der Waals surface area (Å²) in [6.07, 6.45) is 0. The van der Waals surface area contributed by atoms with E-state index in [1.165, 1.54) is 0 Å². The highest BCUT2D eigenvalue weighted by molar-refractivity contribution is 6.47. The molecule has 1 N–H and O–H groups in total. The summed E-state index contributed by atoms with van der Waals surface area (Å²) in [5, 5.41) is 13.0. The maximum absolute atomic E-state index is 11.0. The molecule has 59 heavy (non-hydrogen) atoms. The molecule has 286 valence electrons. The van der Waals surface area contributed by atoms with Gasteiger partial charge in [-0.1, -0.05) is 157 Å². The van der Waals surface area contributed by atoms with Gasteiger partial charge in [-0.3, -0.25) is 0 Å². The van der Waals surface area contributed by atoms with E-state index in [0.29, 0.717) is 17.5 Å². The quantitative estimate of drug-likeness (QED) is 0.109. The van der Waals surface area contributed by atoms with Crippen molar-refractivity contribution in [1.29, 1.82) is 0 Å². The van der Waals surface area contributed by atoms with E-state index in [9.17, 15) is 5.11 Å². The monoisotopic (exact) mass is 767 g/mol. The Morgan fingerprint density at radius 2 is 0.814 bits per heavy atom. The molecule has 0 bridgehead atoms. The molecule has 0 atom stereocenters. The van der Waals surface area contributed by atoms with Crippen LogP contribution in [0.4, 0.5) is 0 Å². The molecule has 6 aromatic carbocycles. The van der Waals surface area contributed by atoms with Gasteiger partial charge in [-0.25, -0.2) is 24.9 Å². The van der Waals surface area contributed by atoms with Gasteiger partial charge in [-0.15, -0.1) is 0 Å². The number of benzene rings is 6. The van der Waals surface area contributed by atoms with Gasteiger partial charge >= 0.3 is 7.48 Å². The van der Waals surface area contributed by atoms with Gasteiger partial charge in [0.2, 0.25) is 0 Å². The van der Waals surface area contributed by atoms with Gasteiger partial charge in [0.05, 0.1) is 33.6 Å². The molecule has 0 saturated carbocycles. The first kappa shape index (κ1) is 37.7. The predicted octanol–water partition coefficient (Wildman–Crippen LogP) is 10.5. The first-order valence-electron chi connectivity index (χ1n) is 19.8. The molecule has 0 aliphatic carbocycles. The molecule has 0 amide bonds. The standard InChI is InChI=1S/C51H42BN5O2/c1-50(2,58)51(3,4)59-52-42-31-40(44-29-27-37-23-22-36-26-28-43(35-16-10-6-11-17-35)53-45(36)46(37)54-44)30-41(32-42)49-56-47(38-18-12-7-13-19-38)55-48(57-49)39-24-20-34(21-25-39)33-14-8-5-9-15-33/h5-32,52,58H,1-4H3. The highest BCUT2D eigenvalue weighted by Gasteiger charge is 2.35. The summed E-state index contributed by atoms with van der Waals surface area (Å²) in [4.78, 5) is 25.6. The van der Waals surface area contributed by atoms with Crippen molar-refractivity contribution in [1.82, 2.24) is 24.9 Å². The van der Waals surface area contributed by atoms with Gasteiger partial charge in [-0.2, -0.15) is 0 Å². The number of hydrogen-bond acceptors (Lipinski definition) is 7. The Morgan fingerprint density at radius 3 is 1.36 bits per heavy atom.